The van der Waals surface area contributed by atoms with Gasteiger partial charge in [-0.15, -0.1) is 0 Å². The molecule has 0 radical (unpaired) electrons. The predicted octanol–water partition coefficient (Wildman–Crippen LogP) is 1.19. The molecular weight excluding hydrogens is 248 g/mol. The van der Waals surface area contributed by atoms with Gasteiger partial charge in [0.25, 0.3) is 0 Å². The van der Waals surface area contributed by atoms with Crippen LogP contribution < -0.4 is 5.32 Å². The van der Waals surface area contributed by atoms with Crippen LogP contribution in [0, 0.1) is 11.3 Å². The summed E-state index contributed by atoms with van der Waals surface area (Å²) >= 11 is 0. The Labute approximate surface area is 110 Å². The zero-order chi connectivity index (χ0) is 12.8. The SMILES string of the molecule is CS(=O)(=O)N1CCC(NCC2(C3CC3)CC2)CC1. The average molecular weight is 272 g/mol. The molecule has 0 atom stereocenters. The standard InChI is InChI=1S/C13H24N2O2S/c1-18(16,17)15-8-4-12(5-9-15)14-10-13(6-7-13)11-2-3-11/h11-12,14H,2-10H2,1H3. The van der Waals surface area contributed by atoms with Gasteiger partial charge in [-0.1, -0.05) is 0 Å². The molecule has 1 saturated heterocycles. The van der Waals surface area contributed by atoms with E-state index in [1.807, 2.05) is 0 Å². The minimum Gasteiger partial charge on any atom is -0.313 e. The number of sulfonamides is 1. The second kappa shape index (κ2) is 4.46. The van der Waals surface area contributed by atoms with E-state index in [9.17, 15) is 8.42 Å². The second-order valence-electron chi connectivity index (χ2n) is 6.45. The summed E-state index contributed by atoms with van der Waals surface area (Å²) in [7, 11) is -2.98. The van der Waals surface area contributed by atoms with E-state index in [1.165, 1.54) is 38.5 Å². The Kier molecular flexibility index (Phi) is 3.19. The molecule has 1 aliphatic heterocycles. The normalized spacial score (nSPS) is 29.4. The summed E-state index contributed by atoms with van der Waals surface area (Å²) in [6, 6.07) is 0.527. The maximum absolute atomic E-state index is 11.4. The van der Waals surface area contributed by atoms with Crippen LogP contribution in [-0.4, -0.2) is 44.7 Å². The van der Waals surface area contributed by atoms with Gasteiger partial charge in [-0.2, -0.15) is 0 Å². The van der Waals surface area contributed by atoms with Crippen LogP contribution in [0.4, 0.5) is 0 Å². The van der Waals surface area contributed by atoms with Crippen LogP contribution in [0.2, 0.25) is 0 Å². The van der Waals surface area contributed by atoms with Crippen LogP contribution in [0.5, 0.6) is 0 Å². The molecule has 0 amide bonds. The first-order valence-electron chi connectivity index (χ1n) is 7.18. The van der Waals surface area contributed by atoms with Crippen molar-refractivity contribution in [3.05, 3.63) is 0 Å². The molecule has 0 aromatic carbocycles. The van der Waals surface area contributed by atoms with Crippen molar-refractivity contribution in [3.63, 3.8) is 0 Å². The first-order valence-corrected chi connectivity index (χ1v) is 9.03. The van der Waals surface area contributed by atoms with Gasteiger partial charge in [0.1, 0.15) is 0 Å². The van der Waals surface area contributed by atoms with E-state index in [-0.39, 0.29) is 0 Å². The smallest absolute Gasteiger partial charge is 0.211 e. The summed E-state index contributed by atoms with van der Waals surface area (Å²) in [5.74, 6) is 1.00. The predicted molar refractivity (Wildman–Crippen MR) is 71.8 cm³/mol. The molecular formula is C13H24N2O2S. The summed E-state index contributed by atoms with van der Waals surface area (Å²) < 4.78 is 24.5. The summed E-state index contributed by atoms with van der Waals surface area (Å²) in [6.45, 7) is 2.54. The van der Waals surface area contributed by atoms with Gasteiger partial charge in [-0.05, 0) is 49.9 Å². The fourth-order valence-electron chi connectivity index (χ4n) is 3.32. The van der Waals surface area contributed by atoms with E-state index in [4.69, 9.17) is 0 Å². The van der Waals surface area contributed by atoms with Crippen molar-refractivity contribution in [1.29, 1.82) is 0 Å². The number of nitrogens with one attached hydrogen (secondary N) is 1. The van der Waals surface area contributed by atoms with Gasteiger partial charge in [0, 0.05) is 25.7 Å². The highest BCUT2D eigenvalue weighted by atomic mass is 32.2. The zero-order valence-corrected chi connectivity index (χ0v) is 12.0. The average Bonchev–Trinajstić information content (AvgIpc) is 3.17. The first-order chi connectivity index (χ1) is 8.50. The molecule has 0 aromatic heterocycles. The van der Waals surface area contributed by atoms with Crippen molar-refractivity contribution < 1.29 is 8.42 Å². The van der Waals surface area contributed by atoms with Crippen molar-refractivity contribution in [2.75, 3.05) is 25.9 Å². The van der Waals surface area contributed by atoms with Gasteiger partial charge in [0.15, 0.2) is 0 Å². The number of hydrogen-bond donors (Lipinski definition) is 1. The van der Waals surface area contributed by atoms with Crippen LogP contribution in [-0.2, 0) is 10.0 Å². The number of piperidine rings is 1. The van der Waals surface area contributed by atoms with E-state index < -0.39 is 10.0 Å². The number of nitrogens with zero attached hydrogens (tertiary/aromatic N) is 1. The summed E-state index contributed by atoms with van der Waals surface area (Å²) in [5, 5.41) is 3.70. The summed E-state index contributed by atoms with van der Waals surface area (Å²) in [5.41, 5.74) is 0.647. The summed E-state index contributed by atoms with van der Waals surface area (Å²) in [4.78, 5) is 0. The Morgan fingerprint density at radius 2 is 1.78 bits per heavy atom. The zero-order valence-electron chi connectivity index (χ0n) is 11.2. The van der Waals surface area contributed by atoms with Crippen molar-refractivity contribution in [2.45, 2.75) is 44.6 Å². The fourth-order valence-corrected chi connectivity index (χ4v) is 4.20. The molecule has 1 N–H and O–H groups in total. The monoisotopic (exact) mass is 272 g/mol. The van der Waals surface area contributed by atoms with Crippen LogP contribution >= 0.6 is 0 Å². The highest BCUT2D eigenvalue weighted by Gasteiger charge is 2.53. The first kappa shape index (κ1) is 12.9. The van der Waals surface area contributed by atoms with Gasteiger partial charge >= 0.3 is 0 Å². The maximum Gasteiger partial charge on any atom is 0.211 e. The molecule has 0 spiro atoms. The van der Waals surface area contributed by atoms with Crippen LogP contribution in [0.15, 0.2) is 0 Å². The minimum absolute atomic E-state index is 0.527. The van der Waals surface area contributed by atoms with E-state index in [1.54, 1.807) is 4.31 Å². The van der Waals surface area contributed by atoms with Gasteiger partial charge in [-0.3, -0.25) is 0 Å². The van der Waals surface area contributed by atoms with Gasteiger partial charge in [-0.25, -0.2) is 12.7 Å². The molecule has 5 heteroatoms. The molecule has 2 saturated carbocycles. The Balaban J connectivity index is 1.43. The molecule has 4 nitrogen and oxygen atoms in total. The second-order valence-corrected chi connectivity index (χ2v) is 8.44. The van der Waals surface area contributed by atoms with Gasteiger partial charge < -0.3 is 5.32 Å². The molecule has 0 aromatic rings. The minimum atomic E-state index is -2.98. The maximum atomic E-state index is 11.4. The Bertz CT molecular complexity index is 405. The molecule has 3 rings (SSSR count). The lowest BCUT2D eigenvalue weighted by Gasteiger charge is -2.31. The lowest BCUT2D eigenvalue weighted by Crippen LogP contribution is -2.45. The van der Waals surface area contributed by atoms with E-state index >= 15 is 0 Å². The molecule has 18 heavy (non-hydrogen) atoms. The third-order valence-corrected chi connectivity index (χ3v) is 6.30. The molecule has 0 unspecified atom stereocenters. The van der Waals surface area contributed by atoms with E-state index in [0.29, 0.717) is 24.5 Å². The van der Waals surface area contributed by atoms with Crippen molar-refractivity contribution in [1.82, 2.24) is 9.62 Å². The van der Waals surface area contributed by atoms with Crippen LogP contribution in [0.25, 0.3) is 0 Å². The Morgan fingerprint density at radius 3 is 2.22 bits per heavy atom. The van der Waals surface area contributed by atoms with E-state index in [2.05, 4.69) is 5.32 Å². The van der Waals surface area contributed by atoms with Crippen molar-refractivity contribution in [2.24, 2.45) is 11.3 Å². The third-order valence-electron chi connectivity index (χ3n) is 5.00. The van der Waals surface area contributed by atoms with Crippen molar-refractivity contribution >= 4 is 10.0 Å². The molecule has 3 fully saturated rings. The lowest BCUT2D eigenvalue weighted by molar-refractivity contribution is 0.271. The van der Waals surface area contributed by atoms with E-state index in [0.717, 1.165) is 18.8 Å². The highest BCUT2D eigenvalue weighted by molar-refractivity contribution is 7.88. The van der Waals surface area contributed by atoms with Crippen LogP contribution in [0.3, 0.4) is 0 Å². The Hall–Kier alpha value is -0.130. The molecule has 104 valence electrons. The largest absolute Gasteiger partial charge is 0.313 e. The molecule has 3 aliphatic rings. The van der Waals surface area contributed by atoms with Gasteiger partial charge in [0.2, 0.25) is 10.0 Å². The van der Waals surface area contributed by atoms with Crippen molar-refractivity contribution in [3.8, 4) is 0 Å². The number of rotatable bonds is 5. The molecule has 2 aliphatic carbocycles. The quantitative estimate of drug-likeness (QED) is 0.818. The Morgan fingerprint density at radius 1 is 1.17 bits per heavy atom. The molecule has 0 bridgehead atoms. The fraction of sp³-hybridized carbons (Fsp3) is 1.00. The van der Waals surface area contributed by atoms with Crippen LogP contribution in [0.1, 0.15) is 38.5 Å². The number of hydrogen-bond acceptors (Lipinski definition) is 3. The molecule has 1 heterocycles. The summed E-state index contributed by atoms with van der Waals surface area (Å²) in [6.07, 6.45) is 8.94. The van der Waals surface area contributed by atoms with Gasteiger partial charge in [0.05, 0.1) is 6.26 Å². The highest BCUT2D eigenvalue weighted by Crippen LogP contribution is 2.60. The lowest BCUT2D eigenvalue weighted by atomic mass is 9.99. The topological polar surface area (TPSA) is 49.4 Å². The third kappa shape index (κ3) is 2.73.